The van der Waals surface area contributed by atoms with Crippen LogP contribution < -0.4 is 0 Å². The van der Waals surface area contributed by atoms with Crippen molar-refractivity contribution in [2.75, 3.05) is 18.4 Å². The Morgan fingerprint density at radius 3 is 2.47 bits per heavy atom. The van der Waals surface area contributed by atoms with Crippen molar-refractivity contribution in [3.8, 4) is 0 Å². The number of aryl methyl sites for hydroxylation is 2. The molecule has 5 heteroatoms. The van der Waals surface area contributed by atoms with Gasteiger partial charge in [-0.1, -0.05) is 28.1 Å². The van der Waals surface area contributed by atoms with Gasteiger partial charge in [0.05, 0.1) is 4.90 Å². The minimum Gasteiger partial charge on any atom is -0.207 e. The number of benzene rings is 1. The van der Waals surface area contributed by atoms with Gasteiger partial charge in [-0.25, -0.2) is 8.42 Å². The van der Waals surface area contributed by atoms with Crippen LogP contribution >= 0.6 is 15.9 Å². The second-order valence-electron chi connectivity index (χ2n) is 5.27. The largest absolute Gasteiger partial charge is 0.243 e. The fourth-order valence-electron chi connectivity index (χ4n) is 2.43. The number of halogens is 1. The van der Waals surface area contributed by atoms with E-state index in [9.17, 15) is 8.42 Å². The van der Waals surface area contributed by atoms with Crippen molar-refractivity contribution in [2.45, 2.75) is 31.6 Å². The molecule has 19 heavy (non-hydrogen) atoms. The zero-order valence-electron chi connectivity index (χ0n) is 11.4. The van der Waals surface area contributed by atoms with E-state index in [1.54, 1.807) is 10.4 Å². The number of nitrogens with zero attached hydrogens (tertiary/aromatic N) is 1. The second-order valence-corrected chi connectivity index (χ2v) is 7.82. The van der Waals surface area contributed by atoms with Gasteiger partial charge in [-0.2, -0.15) is 4.31 Å². The molecule has 2 rings (SSSR count). The second kappa shape index (κ2) is 5.94. The number of hydrogen-bond donors (Lipinski definition) is 0. The van der Waals surface area contributed by atoms with E-state index < -0.39 is 10.0 Å². The highest BCUT2D eigenvalue weighted by Gasteiger charge is 2.29. The first kappa shape index (κ1) is 15.0. The van der Waals surface area contributed by atoms with E-state index in [1.807, 2.05) is 26.0 Å². The van der Waals surface area contributed by atoms with Crippen LogP contribution in [0.1, 0.15) is 24.0 Å². The molecular formula is C14H20BrNO2S. The quantitative estimate of drug-likeness (QED) is 0.789. The molecule has 0 amide bonds. The summed E-state index contributed by atoms with van der Waals surface area (Å²) >= 11 is 3.48. The molecule has 1 heterocycles. The molecule has 0 N–H and O–H groups in total. The third-order valence-electron chi connectivity index (χ3n) is 3.75. The maximum absolute atomic E-state index is 12.7. The summed E-state index contributed by atoms with van der Waals surface area (Å²) in [7, 11) is -3.33. The number of rotatable bonds is 3. The van der Waals surface area contributed by atoms with E-state index in [0.717, 1.165) is 29.3 Å². The lowest BCUT2D eigenvalue weighted by Gasteiger charge is -2.30. The van der Waals surface area contributed by atoms with Gasteiger partial charge >= 0.3 is 0 Å². The summed E-state index contributed by atoms with van der Waals surface area (Å²) in [6.07, 6.45) is 1.88. The first-order chi connectivity index (χ1) is 8.95. The summed E-state index contributed by atoms with van der Waals surface area (Å²) in [5.41, 5.74) is 1.81. The summed E-state index contributed by atoms with van der Waals surface area (Å²) in [6.45, 7) is 5.05. The van der Waals surface area contributed by atoms with E-state index in [1.165, 1.54) is 0 Å². The van der Waals surface area contributed by atoms with Crippen molar-refractivity contribution in [3.05, 3.63) is 29.3 Å². The minimum absolute atomic E-state index is 0.463. The Morgan fingerprint density at radius 2 is 1.89 bits per heavy atom. The fourth-order valence-corrected chi connectivity index (χ4v) is 4.86. The predicted octanol–water partition coefficient (Wildman–Crippen LogP) is 3.10. The highest BCUT2D eigenvalue weighted by Crippen LogP contribution is 2.26. The molecule has 3 nitrogen and oxygen atoms in total. The zero-order chi connectivity index (χ0) is 14.0. The first-order valence-electron chi connectivity index (χ1n) is 6.58. The molecular weight excluding hydrogens is 326 g/mol. The van der Waals surface area contributed by atoms with E-state index in [0.29, 0.717) is 23.9 Å². The number of alkyl halides is 1. The monoisotopic (exact) mass is 345 g/mol. The normalized spacial score (nSPS) is 18.7. The van der Waals surface area contributed by atoms with Crippen LogP contribution in [0.25, 0.3) is 0 Å². The molecule has 106 valence electrons. The average molecular weight is 346 g/mol. The standard InChI is InChI=1S/C14H20BrNO2S/c1-11-3-4-12(2)14(9-11)19(17,18)16-7-5-13(10-15)6-8-16/h3-4,9,13H,5-8,10H2,1-2H3. The lowest BCUT2D eigenvalue weighted by molar-refractivity contribution is 0.292. The maximum Gasteiger partial charge on any atom is 0.243 e. The Labute approximate surface area is 124 Å². The van der Waals surface area contributed by atoms with E-state index >= 15 is 0 Å². The molecule has 0 unspecified atom stereocenters. The molecule has 0 bridgehead atoms. The molecule has 1 aromatic rings. The lowest BCUT2D eigenvalue weighted by Crippen LogP contribution is -2.39. The Balaban J connectivity index is 2.26. The van der Waals surface area contributed by atoms with Crippen LogP contribution in [-0.4, -0.2) is 31.1 Å². The third-order valence-corrected chi connectivity index (χ3v) is 6.71. The van der Waals surface area contributed by atoms with E-state index in [4.69, 9.17) is 0 Å². The number of sulfonamides is 1. The average Bonchev–Trinajstić information content (AvgIpc) is 2.41. The van der Waals surface area contributed by atoms with Crippen molar-refractivity contribution in [1.29, 1.82) is 0 Å². The zero-order valence-corrected chi connectivity index (χ0v) is 13.8. The topological polar surface area (TPSA) is 37.4 Å². The molecule has 1 saturated heterocycles. The fraction of sp³-hybridized carbons (Fsp3) is 0.571. The molecule has 0 aliphatic carbocycles. The summed E-state index contributed by atoms with van der Waals surface area (Å²) in [4.78, 5) is 0.463. The summed E-state index contributed by atoms with van der Waals surface area (Å²) in [5.74, 6) is 0.602. The van der Waals surface area contributed by atoms with Gasteiger partial charge in [0.25, 0.3) is 0 Å². The van der Waals surface area contributed by atoms with Crippen molar-refractivity contribution in [3.63, 3.8) is 0 Å². The van der Waals surface area contributed by atoms with E-state index in [-0.39, 0.29) is 0 Å². The van der Waals surface area contributed by atoms with Gasteiger partial charge in [0.2, 0.25) is 10.0 Å². The van der Waals surface area contributed by atoms with Crippen molar-refractivity contribution in [2.24, 2.45) is 5.92 Å². The molecule has 1 aliphatic heterocycles. The van der Waals surface area contributed by atoms with Gasteiger partial charge in [0.1, 0.15) is 0 Å². The summed E-state index contributed by atoms with van der Waals surface area (Å²) in [5, 5.41) is 0.963. The van der Waals surface area contributed by atoms with Crippen LogP contribution in [0.2, 0.25) is 0 Å². The van der Waals surface area contributed by atoms with Crippen LogP contribution in [0.4, 0.5) is 0 Å². The molecule has 0 spiro atoms. The van der Waals surface area contributed by atoms with Crippen LogP contribution in [0.15, 0.2) is 23.1 Å². The van der Waals surface area contributed by atoms with Gasteiger partial charge in [-0.15, -0.1) is 0 Å². The molecule has 0 saturated carbocycles. The van der Waals surface area contributed by atoms with Gasteiger partial charge < -0.3 is 0 Å². The Hall–Kier alpha value is -0.390. The molecule has 1 aromatic carbocycles. The molecule has 1 fully saturated rings. The molecule has 0 radical (unpaired) electrons. The third kappa shape index (κ3) is 3.20. The van der Waals surface area contributed by atoms with Gasteiger partial charge in [-0.05, 0) is 49.8 Å². The van der Waals surface area contributed by atoms with Crippen LogP contribution in [0.5, 0.6) is 0 Å². The molecule has 0 aromatic heterocycles. The highest BCUT2D eigenvalue weighted by molar-refractivity contribution is 9.09. The van der Waals surface area contributed by atoms with Crippen LogP contribution in [-0.2, 0) is 10.0 Å². The lowest BCUT2D eigenvalue weighted by atomic mass is 10.0. The Kier molecular flexibility index (Phi) is 4.69. The highest BCUT2D eigenvalue weighted by atomic mass is 79.9. The van der Waals surface area contributed by atoms with Crippen LogP contribution in [0, 0.1) is 19.8 Å². The van der Waals surface area contributed by atoms with Crippen molar-refractivity contribution in [1.82, 2.24) is 4.31 Å². The summed E-state index contributed by atoms with van der Waals surface area (Å²) in [6, 6.07) is 5.61. The maximum atomic E-state index is 12.7. The summed E-state index contributed by atoms with van der Waals surface area (Å²) < 4.78 is 27.0. The number of hydrogen-bond acceptors (Lipinski definition) is 2. The van der Waals surface area contributed by atoms with Gasteiger partial charge in [0.15, 0.2) is 0 Å². The Morgan fingerprint density at radius 1 is 1.26 bits per heavy atom. The van der Waals surface area contributed by atoms with E-state index in [2.05, 4.69) is 15.9 Å². The van der Waals surface area contributed by atoms with Crippen molar-refractivity contribution >= 4 is 26.0 Å². The van der Waals surface area contributed by atoms with Crippen LogP contribution in [0.3, 0.4) is 0 Å². The first-order valence-corrected chi connectivity index (χ1v) is 9.14. The predicted molar refractivity (Wildman–Crippen MR) is 81.2 cm³/mol. The minimum atomic E-state index is -3.33. The number of piperidine rings is 1. The molecule has 1 aliphatic rings. The van der Waals surface area contributed by atoms with Crippen molar-refractivity contribution < 1.29 is 8.42 Å². The molecule has 0 atom stereocenters. The van der Waals surface area contributed by atoms with Gasteiger partial charge in [-0.3, -0.25) is 0 Å². The smallest absolute Gasteiger partial charge is 0.207 e. The van der Waals surface area contributed by atoms with Gasteiger partial charge in [0, 0.05) is 18.4 Å². The SMILES string of the molecule is Cc1ccc(C)c(S(=O)(=O)N2CCC(CBr)CC2)c1. The Bertz CT molecular complexity index is 549.